The highest BCUT2D eigenvalue weighted by molar-refractivity contribution is 6.01. The summed E-state index contributed by atoms with van der Waals surface area (Å²) in [5.41, 5.74) is 2.79. The molecule has 3 heterocycles. The molecule has 0 atom stereocenters. The van der Waals surface area contributed by atoms with E-state index >= 15 is 0 Å². The van der Waals surface area contributed by atoms with Crippen LogP contribution in [0.2, 0.25) is 0 Å². The molecule has 0 radical (unpaired) electrons. The van der Waals surface area contributed by atoms with Crippen molar-refractivity contribution in [3.63, 3.8) is 0 Å². The maximum atomic E-state index is 11.8. The average molecular weight is 335 g/mol. The minimum Gasteiger partial charge on any atom is -0.494 e. The van der Waals surface area contributed by atoms with Gasteiger partial charge in [-0.3, -0.25) is 10.3 Å². The predicted octanol–water partition coefficient (Wildman–Crippen LogP) is 4.10. The van der Waals surface area contributed by atoms with Crippen molar-refractivity contribution in [3.8, 4) is 16.9 Å². The molecule has 1 amide bonds. The van der Waals surface area contributed by atoms with Crippen LogP contribution >= 0.6 is 0 Å². The van der Waals surface area contributed by atoms with E-state index in [2.05, 4.69) is 15.3 Å². The molecule has 1 aromatic carbocycles. The number of ether oxygens (including phenoxy) is 2. The second-order valence-electron chi connectivity index (χ2n) is 6.36. The van der Waals surface area contributed by atoms with Gasteiger partial charge < -0.3 is 9.47 Å². The molecule has 1 aliphatic heterocycles. The molecule has 0 unspecified atom stereocenters. The number of amides is 1. The van der Waals surface area contributed by atoms with Crippen molar-refractivity contribution in [2.24, 2.45) is 0 Å². The zero-order chi connectivity index (χ0) is 17.6. The Morgan fingerprint density at radius 1 is 1.16 bits per heavy atom. The maximum absolute atomic E-state index is 11.8. The van der Waals surface area contributed by atoms with Crippen molar-refractivity contribution < 1.29 is 14.3 Å². The predicted molar refractivity (Wildman–Crippen MR) is 94.7 cm³/mol. The minimum absolute atomic E-state index is 0.499. The molecule has 0 saturated heterocycles. The Kier molecular flexibility index (Phi) is 3.35. The second kappa shape index (κ2) is 5.44. The maximum Gasteiger partial charge on any atom is 0.413 e. The summed E-state index contributed by atoms with van der Waals surface area (Å²) in [6.45, 7) is 3.70. The Balaban J connectivity index is 2.06. The second-order valence-corrected chi connectivity index (χ2v) is 6.36. The number of rotatable bonds is 2. The van der Waals surface area contributed by atoms with Gasteiger partial charge in [-0.1, -0.05) is 0 Å². The molecule has 0 aliphatic carbocycles. The average Bonchev–Trinajstić information content (AvgIpc) is 2.59. The van der Waals surface area contributed by atoms with Crippen LogP contribution in [-0.4, -0.2) is 23.2 Å². The van der Waals surface area contributed by atoms with Gasteiger partial charge in [0, 0.05) is 23.3 Å². The molecule has 3 aromatic rings. The number of hydrogen-bond acceptors (Lipinski definition) is 5. The van der Waals surface area contributed by atoms with Gasteiger partial charge >= 0.3 is 6.09 Å². The summed E-state index contributed by atoms with van der Waals surface area (Å²) < 4.78 is 10.9. The summed E-state index contributed by atoms with van der Waals surface area (Å²) in [6, 6.07) is 9.78. The smallest absolute Gasteiger partial charge is 0.413 e. The van der Waals surface area contributed by atoms with Crippen molar-refractivity contribution in [2.75, 3.05) is 12.4 Å². The van der Waals surface area contributed by atoms with Crippen LogP contribution in [0.5, 0.6) is 5.75 Å². The third-order valence-electron chi connectivity index (χ3n) is 4.38. The lowest BCUT2D eigenvalue weighted by Gasteiger charge is -2.32. The Morgan fingerprint density at radius 2 is 1.92 bits per heavy atom. The first-order valence-electron chi connectivity index (χ1n) is 7.92. The Morgan fingerprint density at radius 3 is 2.64 bits per heavy atom. The van der Waals surface area contributed by atoms with E-state index < -0.39 is 11.7 Å². The first-order valence-corrected chi connectivity index (χ1v) is 7.92. The number of benzene rings is 1. The van der Waals surface area contributed by atoms with E-state index in [4.69, 9.17) is 9.47 Å². The molecule has 1 aliphatic rings. The summed E-state index contributed by atoms with van der Waals surface area (Å²) in [5.74, 6) is 1.15. The number of nitrogens with one attached hydrogen (secondary N) is 1. The fourth-order valence-corrected chi connectivity index (χ4v) is 3.15. The number of pyridine rings is 2. The topological polar surface area (TPSA) is 73.3 Å². The van der Waals surface area contributed by atoms with Crippen molar-refractivity contribution in [2.45, 2.75) is 19.4 Å². The lowest BCUT2D eigenvalue weighted by atomic mass is 9.93. The number of anilines is 1. The summed E-state index contributed by atoms with van der Waals surface area (Å²) in [4.78, 5) is 20.6. The van der Waals surface area contributed by atoms with Gasteiger partial charge in [0.15, 0.2) is 0 Å². The Bertz CT molecular complexity index is 984. The van der Waals surface area contributed by atoms with E-state index in [-0.39, 0.29) is 0 Å². The minimum atomic E-state index is -0.766. The number of carbonyl (C=O) groups excluding carboxylic acids is 1. The molecule has 25 heavy (non-hydrogen) atoms. The summed E-state index contributed by atoms with van der Waals surface area (Å²) in [6.07, 6.45) is 3.00. The Hall–Kier alpha value is -3.15. The molecular weight excluding hydrogens is 318 g/mol. The molecule has 0 saturated carbocycles. The van der Waals surface area contributed by atoms with Gasteiger partial charge in [-0.15, -0.1) is 0 Å². The van der Waals surface area contributed by atoms with Crippen molar-refractivity contribution in [1.29, 1.82) is 0 Å². The molecule has 126 valence electrons. The third kappa shape index (κ3) is 2.46. The van der Waals surface area contributed by atoms with Crippen LogP contribution in [0.3, 0.4) is 0 Å². The van der Waals surface area contributed by atoms with Gasteiger partial charge in [0.2, 0.25) is 0 Å². The van der Waals surface area contributed by atoms with Crippen LogP contribution in [0, 0.1) is 0 Å². The van der Waals surface area contributed by atoms with E-state index in [0.29, 0.717) is 17.1 Å². The van der Waals surface area contributed by atoms with Gasteiger partial charge in [-0.2, -0.15) is 0 Å². The number of fused-ring (bicyclic) bond motifs is 2. The molecular formula is C19H17N3O3. The molecule has 1 N–H and O–H groups in total. The highest BCUT2D eigenvalue weighted by Crippen LogP contribution is 2.41. The zero-order valence-electron chi connectivity index (χ0n) is 14.2. The first-order chi connectivity index (χ1) is 12.0. The molecule has 6 nitrogen and oxygen atoms in total. The Labute approximate surface area is 144 Å². The van der Waals surface area contributed by atoms with Gasteiger partial charge in [0.1, 0.15) is 22.7 Å². The van der Waals surface area contributed by atoms with E-state index in [1.807, 2.05) is 44.2 Å². The van der Waals surface area contributed by atoms with Crippen LogP contribution in [0.1, 0.15) is 19.4 Å². The number of aromatic nitrogens is 2. The van der Waals surface area contributed by atoms with E-state index in [0.717, 1.165) is 22.1 Å². The quantitative estimate of drug-likeness (QED) is 0.763. The fourth-order valence-electron chi connectivity index (χ4n) is 3.15. The monoisotopic (exact) mass is 335 g/mol. The normalized spacial score (nSPS) is 15.2. The summed E-state index contributed by atoms with van der Waals surface area (Å²) >= 11 is 0. The number of cyclic esters (lactones) is 1. The largest absolute Gasteiger partial charge is 0.494 e. The molecule has 2 aromatic heterocycles. The van der Waals surface area contributed by atoms with Crippen LogP contribution < -0.4 is 10.1 Å². The van der Waals surface area contributed by atoms with Crippen LogP contribution in [0.25, 0.3) is 22.0 Å². The number of methoxy groups -OCH3 is 1. The SMILES string of the molecule is COc1ccc(-c2ccncc2)c2cc3c(nc12)NC(=O)OC3(C)C. The molecule has 0 fully saturated rings. The number of hydrogen-bond donors (Lipinski definition) is 1. The van der Waals surface area contributed by atoms with E-state index in [1.54, 1.807) is 19.5 Å². The number of nitrogens with zero attached hydrogens (tertiary/aromatic N) is 2. The van der Waals surface area contributed by atoms with Gasteiger partial charge in [0.05, 0.1) is 7.11 Å². The van der Waals surface area contributed by atoms with Gasteiger partial charge in [-0.05, 0) is 55.3 Å². The number of carbonyl (C=O) groups is 1. The van der Waals surface area contributed by atoms with Crippen molar-refractivity contribution >= 4 is 22.8 Å². The third-order valence-corrected chi connectivity index (χ3v) is 4.38. The van der Waals surface area contributed by atoms with Gasteiger partial charge in [-0.25, -0.2) is 9.78 Å². The van der Waals surface area contributed by atoms with Crippen LogP contribution in [0.4, 0.5) is 10.6 Å². The highest BCUT2D eigenvalue weighted by atomic mass is 16.6. The molecule has 6 heteroatoms. The zero-order valence-corrected chi connectivity index (χ0v) is 14.2. The highest BCUT2D eigenvalue weighted by Gasteiger charge is 2.35. The first kappa shape index (κ1) is 15.4. The van der Waals surface area contributed by atoms with E-state index in [9.17, 15) is 4.79 Å². The summed E-state index contributed by atoms with van der Waals surface area (Å²) in [7, 11) is 1.60. The van der Waals surface area contributed by atoms with Gasteiger partial charge in [0.25, 0.3) is 0 Å². The van der Waals surface area contributed by atoms with Crippen molar-refractivity contribution in [1.82, 2.24) is 9.97 Å². The standard InChI is InChI=1S/C19H17N3O3/c1-19(2)14-10-13-12(11-6-8-20-9-7-11)4-5-15(24-3)16(13)21-17(14)22-18(23)25-19/h4-10H,1-3H3,(H,21,22,23). The lowest BCUT2D eigenvalue weighted by Crippen LogP contribution is -2.35. The fraction of sp³-hybridized carbons (Fsp3) is 0.211. The molecule has 0 spiro atoms. The van der Waals surface area contributed by atoms with Crippen molar-refractivity contribution in [3.05, 3.63) is 48.3 Å². The molecule has 0 bridgehead atoms. The van der Waals surface area contributed by atoms with Crippen LogP contribution in [0.15, 0.2) is 42.7 Å². The molecule has 4 rings (SSSR count). The summed E-state index contributed by atoms with van der Waals surface area (Å²) in [5, 5.41) is 3.61. The lowest BCUT2D eigenvalue weighted by molar-refractivity contribution is 0.0417. The van der Waals surface area contributed by atoms with E-state index in [1.165, 1.54) is 0 Å². The van der Waals surface area contributed by atoms with Crippen LogP contribution in [-0.2, 0) is 10.3 Å².